The predicted octanol–water partition coefficient (Wildman–Crippen LogP) is 3.25. The first-order valence-corrected chi connectivity index (χ1v) is 5.99. The first kappa shape index (κ1) is 12.7. The van der Waals surface area contributed by atoms with Gasteiger partial charge in [0.25, 0.3) is 0 Å². The second-order valence-electron chi connectivity index (χ2n) is 4.15. The van der Waals surface area contributed by atoms with Crippen molar-refractivity contribution in [2.24, 2.45) is 7.05 Å². The fraction of sp³-hybridized carbons (Fsp3) is 0.214. The summed E-state index contributed by atoms with van der Waals surface area (Å²) in [6.45, 7) is 1.94. The molecule has 0 unspecified atom stereocenters. The number of rotatable bonds is 4. The predicted molar refractivity (Wildman–Crippen MR) is 71.4 cm³/mol. The van der Waals surface area contributed by atoms with E-state index in [0.29, 0.717) is 16.5 Å². The van der Waals surface area contributed by atoms with E-state index in [1.165, 1.54) is 0 Å². The normalized spacial score (nSPS) is 10.4. The molecule has 2 aromatic rings. The number of benzene rings is 1. The van der Waals surface area contributed by atoms with Crippen LogP contribution in [-0.2, 0) is 7.05 Å². The summed E-state index contributed by atoms with van der Waals surface area (Å²) in [5, 5.41) is 0.523. The lowest BCUT2D eigenvalue weighted by Gasteiger charge is -2.08. The van der Waals surface area contributed by atoms with E-state index >= 15 is 0 Å². The van der Waals surface area contributed by atoms with Crippen LogP contribution in [0, 0.1) is 6.92 Å². The van der Waals surface area contributed by atoms with Gasteiger partial charge in [0.15, 0.2) is 6.61 Å². The number of Topliss-reactive ketones (excluding diaryl/α,β-unsaturated/α-hetero) is 1. The molecular weight excluding hydrogens is 250 g/mol. The summed E-state index contributed by atoms with van der Waals surface area (Å²) in [5.41, 5.74) is 1.68. The quantitative estimate of drug-likeness (QED) is 0.793. The molecule has 18 heavy (non-hydrogen) atoms. The number of carbonyl (C=O) groups excluding carboxylic acids is 1. The zero-order valence-corrected chi connectivity index (χ0v) is 11.1. The summed E-state index contributed by atoms with van der Waals surface area (Å²) in [6.07, 6.45) is 1.83. The topological polar surface area (TPSA) is 31.2 Å². The van der Waals surface area contributed by atoms with Gasteiger partial charge in [0.1, 0.15) is 5.75 Å². The van der Waals surface area contributed by atoms with Crippen molar-refractivity contribution in [2.75, 3.05) is 6.61 Å². The summed E-state index contributed by atoms with van der Waals surface area (Å²) in [6, 6.07) is 9.07. The molecule has 0 aliphatic heterocycles. The fourth-order valence-electron chi connectivity index (χ4n) is 1.69. The van der Waals surface area contributed by atoms with Crippen LogP contribution in [0.5, 0.6) is 5.75 Å². The summed E-state index contributed by atoms with van der Waals surface area (Å²) in [7, 11) is 1.83. The molecule has 1 aromatic heterocycles. The van der Waals surface area contributed by atoms with Crippen LogP contribution in [0.2, 0.25) is 5.02 Å². The first-order valence-electron chi connectivity index (χ1n) is 5.61. The number of ether oxygens (including phenoxy) is 1. The zero-order valence-electron chi connectivity index (χ0n) is 10.3. The van der Waals surface area contributed by atoms with Crippen molar-refractivity contribution in [3.8, 4) is 5.75 Å². The van der Waals surface area contributed by atoms with Crippen molar-refractivity contribution < 1.29 is 9.53 Å². The molecule has 94 valence electrons. The Morgan fingerprint density at radius 3 is 2.78 bits per heavy atom. The van der Waals surface area contributed by atoms with Gasteiger partial charge in [-0.05, 0) is 36.8 Å². The van der Waals surface area contributed by atoms with Crippen molar-refractivity contribution in [3.05, 3.63) is 52.8 Å². The number of ketones is 1. The fourth-order valence-corrected chi connectivity index (χ4v) is 1.98. The van der Waals surface area contributed by atoms with E-state index in [2.05, 4.69) is 0 Å². The second-order valence-corrected chi connectivity index (χ2v) is 4.56. The van der Waals surface area contributed by atoms with Crippen LogP contribution in [0.15, 0.2) is 36.5 Å². The van der Waals surface area contributed by atoms with Gasteiger partial charge in [-0.2, -0.15) is 0 Å². The number of hydrogen-bond donors (Lipinski definition) is 0. The van der Waals surface area contributed by atoms with E-state index in [9.17, 15) is 4.79 Å². The SMILES string of the molecule is Cc1ccc(OCC(=O)c2cccn2C)c(Cl)c1. The van der Waals surface area contributed by atoms with Gasteiger partial charge in [-0.1, -0.05) is 17.7 Å². The van der Waals surface area contributed by atoms with E-state index in [0.717, 1.165) is 5.56 Å². The maximum absolute atomic E-state index is 11.9. The van der Waals surface area contributed by atoms with Crippen molar-refractivity contribution in [2.45, 2.75) is 6.92 Å². The molecule has 0 atom stereocenters. The smallest absolute Gasteiger partial charge is 0.216 e. The Labute approximate surface area is 111 Å². The molecule has 1 aromatic carbocycles. The van der Waals surface area contributed by atoms with E-state index < -0.39 is 0 Å². The number of hydrogen-bond acceptors (Lipinski definition) is 2. The standard InChI is InChI=1S/C14H14ClNO2/c1-10-5-6-14(11(15)8-10)18-9-13(17)12-4-3-7-16(12)2/h3-8H,9H2,1-2H3. The summed E-state index contributed by atoms with van der Waals surface area (Å²) >= 11 is 6.03. The van der Waals surface area contributed by atoms with Gasteiger partial charge in [0.05, 0.1) is 10.7 Å². The summed E-state index contributed by atoms with van der Waals surface area (Å²) < 4.78 is 7.20. The van der Waals surface area contributed by atoms with Gasteiger partial charge < -0.3 is 9.30 Å². The molecular formula is C14H14ClNO2. The van der Waals surface area contributed by atoms with Gasteiger partial charge in [-0.25, -0.2) is 0 Å². The minimum absolute atomic E-state index is 0.0133. The molecule has 0 saturated heterocycles. The van der Waals surface area contributed by atoms with E-state index in [-0.39, 0.29) is 12.4 Å². The third kappa shape index (κ3) is 2.74. The number of aromatic nitrogens is 1. The summed E-state index contributed by atoms with van der Waals surface area (Å²) in [5.74, 6) is 0.462. The molecule has 0 saturated carbocycles. The molecule has 0 aliphatic rings. The average Bonchev–Trinajstić information content (AvgIpc) is 2.74. The molecule has 4 heteroatoms. The van der Waals surface area contributed by atoms with Crippen molar-refractivity contribution >= 4 is 17.4 Å². The lowest BCUT2D eigenvalue weighted by Crippen LogP contribution is -2.14. The highest BCUT2D eigenvalue weighted by molar-refractivity contribution is 6.32. The van der Waals surface area contributed by atoms with Crippen LogP contribution in [0.1, 0.15) is 16.1 Å². The molecule has 0 spiro atoms. The lowest BCUT2D eigenvalue weighted by atomic mass is 10.2. The van der Waals surface area contributed by atoms with Crippen LogP contribution in [0.3, 0.4) is 0 Å². The molecule has 2 rings (SSSR count). The Morgan fingerprint density at radius 2 is 2.17 bits per heavy atom. The highest BCUT2D eigenvalue weighted by atomic mass is 35.5. The van der Waals surface area contributed by atoms with Gasteiger partial charge in [0.2, 0.25) is 5.78 Å². The molecule has 3 nitrogen and oxygen atoms in total. The number of halogens is 1. The van der Waals surface area contributed by atoms with E-state index in [4.69, 9.17) is 16.3 Å². The zero-order chi connectivity index (χ0) is 13.1. The maximum Gasteiger partial charge on any atom is 0.216 e. The van der Waals surface area contributed by atoms with Crippen LogP contribution in [-0.4, -0.2) is 17.0 Å². The Bertz CT molecular complexity index is 575. The second kappa shape index (κ2) is 5.27. The van der Waals surface area contributed by atoms with Gasteiger partial charge in [-0.3, -0.25) is 4.79 Å². The van der Waals surface area contributed by atoms with Crippen molar-refractivity contribution in [1.29, 1.82) is 0 Å². The molecule has 1 heterocycles. The Kier molecular flexibility index (Phi) is 3.72. The Hall–Kier alpha value is -1.74. The Morgan fingerprint density at radius 1 is 1.39 bits per heavy atom. The Balaban J connectivity index is 2.04. The monoisotopic (exact) mass is 263 g/mol. The highest BCUT2D eigenvalue weighted by Gasteiger charge is 2.10. The van der Waals surface area contributed by atoms with Crippen LogP contribution in [0.4, 0.5) is 0 Å². The first-order chi connectivity index (χ1) is 8.58. The van der Waals surface area contributed by atoms with Crippen molar-refractivity contribution in [3.63, 3.8) is 0 Å². The molecule has 0 fully saturated rings. The van der Waals surface area contributed by atoms with E-state index in [1.807, 2.05) is 38.4 Å². The third-order valence-corrected chi connectivity index (χ3v) is 2.97. The molecule has 0 N–H and O–H groups in total. The molecule has 0 bridgehead atoms. The van der Waals surface area contributed by atoms with Gasteiger partial charge in [-0.15, -0.1) is 0 Å². The number of aryl methyl sites for hydroxylation is 2. The van der Waals surface area contributed by atoms with Gasteiger partial charge >= 0.3 is 0 Å². The largest absolute Gasteiger partial charge is 0.484 e. The van der Waals surface area contributed by atoms with Crippen molar-refractivity contribution in [1.82, 2.24) is 4.57 Å². The number of carbonyl (C=O) groups is 1. The minimum Gasteiger partial charge on any atom is -0.484 e. The number of nitrogens with zero attached hydrogens (tertiary/aromatic N) is 1. The minimum atomic E-state index is -0.0702. The molecule has 0 aliphatic carbocycles. The molecule has 0 amide bonds. The molecule has 0 radical (unpaired) electrons. The highest BCUT2D eigenvalue weighted by Crippen LogP contribution is 2.25. The van der Waals surface area contributed by atoms with Gasteiger partial charge in [0, 0.05) is 13.2 Å². The van der Waals surface area contributed by atoms with Crippen LogP contribution < -0.4 is 4.74 Å². The van der Waals surface area contributed by atoms with E-state index in [1.54, 1.807) is 16.7 Å². The van der Waals surface area contributed by atoms with Crippen LogP contribution in [0.25, 0.3) is 0 Å². The average molecular weight is 264 g/mol. The lowest BCUT2D eigenvalue weighted by molar-refractivity contribution is 0.0913. The third-order valence-electron chi connectivity index (χ3n) is 2.68. The maximum atomic E-state index is 11.9. The van der Waals surface area contributed by atoms with Crippen LogP contribution >= 0.6 is 11.6 Å². The summed E-state index contributed by atoms with van der Waals surface area (Å²) in [4.78, 5) is 11.9.